The Labute approximate surface area is 220 Å². The van der Waals surface area contributed by atoms with Crippen molar-refractivity contribution in [3.63, 3.8) is 0 Å². The molecule has 36 heavy (non-hydrogen) atoms. The lowest BCUT2D eigenvalue weighted by Crippen LogP contribution is -2.77. The van der Waals surface area contributed by atoms with Gasteiger partial charge in [0.15, 0.2) is 0 Å². The van der Waals surface area contributed by atoms with Crippen molar-refractivity contribution in [1.29, 1.82) is 0 Å². The SMILES string of the molecule is C=C[Si]1(CC)O[Si](CC)(c2ccccc2)O[Si](CC)(c2ccccc2)O[Si](CC)(c2ccccc2)O1. The predicted octanol–water partition coefficient (Wildman–Crippen LogP) is 5.36. The van der Waals surface area contributed by atoms with Crippen LogP contribution in [0, 0.1) is 0 Å². The van der Waals surface area contributed by atoms with Crippen LogP contribution in [0.25, 0.3) is 0 Å². The van der Waals surface area contributed by atoms with E-state index in [0.29, 0.717) is 0 Å². The summed E-state index contributed by atoms with van der Waals surface area (Å²) in [5.74, 6) is 0. The van der Waals surface area contributed by atoms with Gasteiger partial charge in [0, 0.05) is 0 Å². The van der Waals surface area contributed by atoms with Crippen molar-refractivity contribution in [3.05, 3.63) is 103 Å². The third-order valence-electron chi connectivity index (χ3n) is 7.18. The van der Waals surface area contributed by atoms with E-state index < -0.39 is 34.2 Å². The van der Waals surface area contributed by atoms with Crippen LogP contribution in [-0.2, 0) is 16.5 Å². The minimum atomic E-state index is -3.02. The molecule has 0 bridgehead atoms. The van der Waals surface area contributed by atoms with Crippen molar-refractivity contribution in [3.8, 4) is 0 Å². The molecule has 0 N–H and O–H groups in total. The number of hydrogen-bond acceptors (Lipinski definition) is 4. The van der Waals surface area contributed by atoms with Crippen LogP contribution in [0.1, 0.15) is 27.7 Å². The highest BCUT2D eigenvalue weighted by Crippen LogP contribution is 2.37. The standard InChI is InChI=1S/C28H38O4Si4/c1-6-33(7-2)29-34(8-3,26-20-14-11-15-21-26)31-36(10-5,28-24-18-13-19-25-28)32-35(9-4,30-33)27-22-16-12-17-23-27/h6,11-25H,1,7-10H2,2-5H3. The predicted molar refractivity (Wildman–Crippen MR) is 158 cm³/mol. The Morgan fingerprint density at radius 3 is 1.06 bits per heavy atom. The van der Waals surface area contributed by atoms with E-state index in [4.69, 9.17) is 16.5 Å². The highest BCUT2D eigenvalue weighted by molar-refractivity contribution is 7.05. The summed E-state index contributed by atoms with van der Waals surface area (Å²) in [7, 11) is -11.9. The van der Waals surface area contributed by atoms with Crippen LogP contribution >= 0.6 is 0 Å². The lowest BCUT2D eigenvalue weighted by molar-refractivity contribution is 0.239. The molecule has 4 rings (SSSR count). The minimum Gasteiger partial charge on any atom is -0.409 e. The molecule has 1 heterocycles. The second-order valence-corrected chi connectivity index (χ2v) is 23.6. The smallest absolute Gasteiger partial charge is 0.355 e. The minimum absolute atomic E-state index is 0.748. The van der Waals surface area contributed by atoms with Crippen LogP contribution < -0.4 is 15.6 Å². The zero-order valence-corrected chi connectivity index (χ0v) is 25.9. The van der Waals surface area contributed by atoms with Gasteiger partial charge in [-0.15, -0.1) is 6.58 Å². The maximum Gasteiger partial charge on any atom is 0.355 e. The Hall–Kier alpha value is -1.89. The van der Waals surface area contributed by atoms with Crippen LogP contribution in [-0.4, -0.2) is 34.2 Å². The molecule has 0 saturated carbocycles. The molecular formula is C28H38O4Si4. The Morgan fingerprint density at radius 2 is 0.806 bits per heavy atom. The van der Waals surface area contributed by atoms with E-state index in [-0.39, 0.29) is 0 Å². The first-order valence-electron chi connectivity index (χ1n) is 13.1. The Bertz CT molecular complexity index is 1070. The first-order valence-corrected chi connectivity index (χ1v) is 21.2. The monoisotopic (exact) mass is 550 g/mol. The molecule has 190 valence electrons. The summed E-state index contributed by atoms with van der Waals surface area (Å²) in [5, 5.41) is 3.38. The molecule has 1 aliphatic heterocycles. The van der Waals surface area contributed by atoms with Crippen molar-refractivity contribution in [1.82, 2.24) is 0 Å². The van der Waals surface area contributed by atoms with E-state index in [1.807, 2.05) is 23.9 Å². The molecule has 0 aromatic heterocycles. The van der Waals surface area contributed by atoms with Crippen molar-refractivity contribution in [2.24, 2.45) is 0 Å². The first kappa shape index (κ1) is 27.2. The maximum atomic E-state index is 7.55. The molecule has 8 heteroatoms. The Morgan fingerprint density at radius 1 is 0.500 bits per heavy atom. The van der Waals surface area contributed by atoms with Crippen LogP contribution in [0.3, 0.4) is 0 Å². The Kier molecular flexibility index (Phi) is 8.48. The summed E-state index contributed by atoms with van der Waals surface area (Å²) in [6.07, 6.45) is 0. The first-order chi connectivity index (χ1) is 17.4. The summed E-state index contributed by atoms with van der Waals surface area (Å²) >= 11 is 0. The molecule has 0 radical (unpaired) electrons. The molecule has 3 aromatic rings. The van der Waals surface area contributed by atoms with E-state index in [2.05, 4.69) is 107 Å². The third-order valence-corrected chi connectivity index (χ3v) is 25.9. The largest absolute Gasteiger partial charge is 0.409 e. The summed E-state index contributed by atoms with van der Waals surface area (Å²) in [6, 6.07) is 34.5. The quantitative estimate of drug-likeness (QED) is 0.354. The normalized spacial score (nSPS) is 30.8. The van der Waals surface area contributed by atoms with Gasteiger partial charge in [0.25, 0.3) is 0 Å². The summed E-state index contributed by atoms with van der Waals surface area (Å²) in [4.78, 5) is 0. The second kappa shape index (κ2) is 11.2. The van der Waals surface area contributed by atoms with Gasteiger partial charge in [-0.1, -0.05) is 124 Å². The fourth-order valence-electron chi connectivity index (χ4n) is 5.02. The van der Waals surface area contributed by atoms with Crippen molar-refractivity contribution < 1.29 is 16.5 Å². The third kappa shape index (κ3) is 4.96. The average Bonchev–Trinajstić information content (AvgIpc) is 2.95. The second-order valence-electron chi connectivity index (χ2n) is 9.20. The highest BCUT2D eigenvalue weighted by Gasteiger charge is 2.62. The van der Waals surface area contributed by atoms with E-state index in [1.165, 1.54) is 0 Å². The fraction of sp³-hybridized carbons (Fsp3) is 0.286. The summed E-state index contributed by atoms with van der Waals surface area (Å²) < 4.78 is 29.8. The average molecular weight is 551 g/mol. The van der Waals surface area contributed by atoms with E-state index in [1.54, 1.807) is 0 Å². The summed E-state index contributed by atoms with van der Waals surface area (Å²) in [5.41, 5.74) is 1.96. The van der Waals surface area contributed by atoms with Gasteiger partial charge >= 0.3 is 34.2 Å². The van der Waals surface area contributed by atoms with Gasteiger partial charge in [-0.05, 0) is 39.7 Å². The van der Waals surface area contributed by atoms with Gasteiger partial charge in [-0.3, -0.25) is 0 Å². The number of benzene rings is 3. The van der Waals surface area contributed by atoms with Crippen molar-refractivity contribution >= 4 is 49.8 Å². The van der Waals surface area contributed by atoms with Gasteiger partial charge in [0.1, 0.15) is 0 Å². The van der Waals surface area contributed by atoms with Crippen molar-refractivity contribution in [2.45, 2.75) is 51.9 Å². The van der Waals surface area contributed by atoms with Gasteiger partial charge in [0.2, 0.25) is 0 Å². The lowest BCUT2D eigenvalue weighted by Gasteiger charge is -2.52. The van der Waals surface area contributed by atoms with Crippen molar-refractivity contribution in [2.75, 3.05) is 0 Å². The molecule has 0 amide bonds. The molecule has 2 atom stereocenters. The van der Waals surface area contributed by atoms with Gasteiger partial charge in [-0.25, -0.2) is 0 Å². The van der Waals surface area contributed by atoms with E-state index in [9.17, 15) is 0 Å². The zero-order valence-electron chi connectivity index (χ0n) is 21.9. The van der Waals surface area contributed by atoms with E-state index in [0.717, 1.165) is 39.7 Å². The van der Waals surface area contributed by atoms with Crippen LogP contribution in [0.2, 0.25) is 24.2 Å². The van der Waals surface area contributed by atoms with Crippen LogP contribution in [0.4, 0.5) is 0 Å². The maximum absolute atomic E-state index is 7.55. The van der Waals surface area contributed by atoms with Gasteiger partial charge < -0.3 is 16.5 Å². The molecular weight excluding hydrogens is 513 g/mol. The van der Waals surface area contributed by atoms with Crippen LogP contribution in [0.5, 0.6) is 0 Å². The molecule has 1 fully saturated rings. The zero-order chi connectivity index (χ0) is 25.7. The van der Waals surface area contributed by atoms with Gasteiger partial charge in [0.05, 0.1) is 0 Å². The molecule has 0 spiro atoms. The van der Waals surface area contributed by atoms with Gasteiger partial charge in [-0.2, -0.15) is 0 Å². The topological polar surface area (TPSA) is 36.9 Å². The molecule has 2 unspecified atom stereocenters. The van der Waals surface area contributed by atoms with Crippen LogP contribution in [0.15, 0.2) is 103 Å². The lowest BCUT2D eigenvalue weighted by atomic mass is 10.4. The fourth-order valence-corrected chi connectivity index (χ4v) is 27.6. The molecule has 1 saturated heterocycles. The molecule has 1 aliphatic rings. The number of hydrogen-bond donors (Lipinski definition) is 0. The Balaban J connectivity index is 2.01. The molecule has 4 nitrogen and oxygen atoms in total. The number of rotatable bonds is 8. The molecule has 0 aliphatic carbocycles. The van der Waals surface area contributed by atoms with E-state index >= 15 is 0 Å². The molecule has 3 aromatic carbocycles. The highest BCUT2D eigenvalue weighted by atomic mass is 28.5. The summed E-state index contributed by atoms with van der Waals surface area (Å²) in [6.45, 7) is 13.0.